The molecule has 1 saturated heterocycles. The molecule has 2 N–H and O–H groups in total. The van der Waals surface area contributed by atoms with Gasteiger partial charge in [-0.15, -0.1) is 0 Å². The van der Waals surface area contributed by atoms with Crippen molar-refractivity contribution < 1.29 is 9.26 Å². The minimum Gasteiger partial charge on any atom is -0.381 e. The van der Waals surface area contributed by atoms with Gasteiger partial charge in [0.05, 0.1) is 5.41 Å². The lowest BCUT2D eigenvalue weighted by Gasteiger charge is -2.35. The fourth-order valence-electron chi connectivity index (χ4n) is 3.84. The van der Waals surface area contributed by atoms with Gasteiger partial charge >= 0.3 is 0 Å². The third-order valence-electron chi connectivity index (χ3n) is 5.53. The normalized spacial score (nSPS) is 15.7. The van der Waals surface area contributed by atoms with Crippen LogP contribution in [0, 0.1) is 0 Å². The molecule has 1 aromatic carbocycles. The summed E-state index contributed by atoms with van der Waals surface area (Å²) in [6.45, 7) is 1.28. The molecule has 8 heteroatoms. The lowest BCUT2D eigenvalue weighted by molar-refractivity contribution is 0.0597. The molecule has 3 aromatic heterocycles. The van der Waals surface area contributed by atoms with Gasteiger partial charge in [0.1, 0.15) is 5.69 Å². The summed E-state index contributed by atoms with van der Waals surface area (Å²) >= 11 is 0. The Morgan fingerprint density at radius 1 is 0.867 bits per heavy atom. The zero-order valence-electron chi connectivity index (χ0n) is 16.2. The molecular formula is C22H20N6O2. The van der Waals surface area contributed by atoms with Gasteiger partial charge in [-0.2, -0.15) is 4.98 Å². The van der Waals surface area contributed by atoms with Gasteiger partial charge in [0, 0.05) is 37.4 Å². The van der Waals surface area contributed by atoms with Crippen LogP contribution in [-0.2, 0) is 10.2 Å². The molecular weight excluding hydrogens is 380 g/mol. The third-order valence-corrected chi connectivity index (χ3v) is 5.53. The lowest BCUT2D eigenvalue weighted by atomic mass is 9.73. The van der Waals surface area contributed by atoms with E-state index in [1.165, 1.54) is 0 Å². The number of ether oxygens (including phenoxy) is 1. The predicted molar refractivity (Wildman–Crippen MR) is 110 cm³/mol. The van der Waals surface area contributed by atoms with Gasteiger partial charge in [0.25, 0.3) is 5.89 Å². The van der Waals surface area contributed by atoms with Crippen LogP contribution in [0.15, 0.2) is 65.6 Å². The van der Waals surface area contributed by atoms with Crippen molar-refractivity contribution >= 4 is 5.95 Å². The number of nitrogens with zero attached hydrogens (tertiary/aromatic N) is 5. The van der Waals surface area contributed by atoms with E-state index in [4.69, 9.17) is 20.0 Å². The van der Waals surface area contributed by atoms with Crippen molar-refractivity contribution in [1.29, 1.82) is 0 Å². The Morgan fingerprint density at radius 3 is 2.33 bits per heavy atom. The van der Waals surface area contributed by atoms with Crippen molar-refractivity contribution in [3.05, 3.63) is 72.4 Å². The molecule has 4 heterocycles. The molecule has 0 radical (unpaired) electrons. The zero-order chi connectivity index (χ0) is 20.4. The van der Waals surface area contributed by atoms with Crippen LogP contribution >= 0.6 is 0 Å². The van der Waals surface area contributed by atoms with Gasteiger partial charge in [-0.05, 0) is 36.1 Å². The molecule has 0 amide bonds. The van der Waals surface area contributed by atoms with Gasteiger partial charge in [0.15, 0.2) is 5.82 Å². The van der Waals surface area contributed by atoms with Crippen molar-refractivity contribution in [2.45, 2.75) is 18.3 Å². The van der Waals surface area contributed by atoms with E-state index in [-0.39, 0.29) is 11.4 Å². The Hall–Kier alpha value is -3.65. The highest BCUT2D eigenvalue weighted by atomic mass is 16.5. The summed E-state index contributed by atoms with van der Waals surface area (Å²) in [4.78, 5) is 17.2. The van der Waals surface area contributed by atoms with E-state index in [2.05, 4.69) is 44.4 Å². The van der Waals surface area contributed by atoms with Crippen molar-refractivity contribution in [3.63, 3.8) is 0 Å². The van der Waals surface area contributed by atoms with Gasteiger partial charge in [-0.25, -0.2) is 9.97 Å². The quantitative estimate of drug-likeness (QED) is 0.555. The minimum absolute atomic E-state index is 0.261. The molecule has 30 heavy (non-hydrogen) atoms. The largest absolute Gasteiger partial charge is 0.381 e. The van der Waals surface area contributed by atoms with E-state index >= 15 is 0 Å². The Labute approximate surface area is 173 Å². The Balaban J connectivity index is 1.51. The summed E-state index contributed by atoms with van der Waals surface area (Å²) in [6.07, 6.45) is 6.71. The number of nitrogens with two attached hydrogens (primary N) is 1. The maximum absolute atomic E-state index is 5.64. The topological polar surface area (TPSA) is 113 Å². The van der Waals surface area contributed by atoms with Crippen LogP contribution in [0.25, 0.3) is 22.7 Å². The minimum atomic E-state index is -0.370. The van der Waals surface area contributed by atoms with E-state index in [9.17, 15) is 0 Å². The number of anilines is 1. The molecule has 5 rings (SSSR count). The van der Waals surface area contributed by atoms with Crippen LogP contribution in [0.3, 0.4) is 0 Å². The number of pyridine rings is 1. The first-order chi connectivity index (χ1) is 14.7. The summed E-state index contributed by atoms with van der Waals surface area (Å²) in [5.41, 5.74) is 8.94. The van der Waals surface area contributed by atoms with Gasteiger partial charge in [0.2, 0.25) is 5.95 Å². The number of benzene rings is 1. The van der Waals surface area contributed by atoms with Gasteiger partial charge in [-0.3, -0.25) is 4.98 Å². The zero-order valence-corrected chi connectivity index (χ0v) is 16.2. The monoisotopic (exact) mass is 400 g/mol. The number of rotatable bonds is 4. The molecule has 1 fully saturated rings. The smallest absolute Gasteiger partial charge is 0.276 e. The fraction of sp³-hybridized carbons (Fsp3) is 0.227. The summed E-state index contributed by atoms with van der Waals surface area (Å²) in [5.74, 6) is 1.35. The van der Waals surface area contributed by atoms with Gasteiger partial charge < -0.3 is 15.0 Å². The highest BCUT2D eigenvalue weighted by Crippen LogP contribution is 2.40. The number of hydrogen-bond acceptors (Lipinski definition) is 8. The second kappa shape index (κ2) is 7.64. The number of hydrogen-bond donors (Lipinski definition) is 1. The molecule has 0 bridgehead atoms. The predicted octanol–water partition coefficient (Wildman–Crippen LogP) is 3.27. The van der Waals surface area contributed by atoms with Crippen LogP contribution in [0.2, 0.25) is 0 Å². The molecule has 0 atom stereocenters. The molecule has 0 spiro atoms. The Bertz CT molecular complexity index is 1120. The average molecular weight is 400 g/mol. The molecule has 1 aliphatic rings. The van der Waals surface area contributed by atoms with E-state index in [0.29, 0.717) is 30.6 Å². The van der Waals surface area contributed by atoms with E-state index in [1.807, 2.05) is 18.2 Å². The molecule has 0 saturated carbocycles. The van der Waals surface area contributed by atoms with Gasteiger partial charge in [-0.1, -0.05) is 35.5 Å². The van der Waals surface area contributed by atoms with Crippen molar-refractivity contribution in [3.8, 4) is 22.7 Å². The maximum atomic E-state index is 5.64. The van der Waals surface area contributed by atoms with Crippen molar-refractivity contribution in [1.82, 2.24) is 25.1 Å². The highest BCUT2D eigenvalue weighted by Gasteiger charge is 2.40. The second-order valence-electron chi connectivity index (χ2n) is 7.24. The lowest BCUT2D eigenvalue weighted by Crippen LogP contribution is -2.36. The van der Waals surface area contributed by atoms with Crippen LogP contribution < -0.4 is 5.73 Å². The Kier molecular flexibility index (Phi) is 4.68. The molecule has 0 aliphatic carbocycles. The maximum Gasteiger partial charge on any atom is 0.276 e. The van der Waals surface area contributed by atoms with Crippen molar-refractivity contribution in [2.24, 2.45) is 0 Å². The summed E-state index contributed by atoms with van der Waals surface area (Å²) in [6, 6.07) is 13.9. The van der Waals surface area contributed by atoms with Crippen LogP contribution in [0.5, 0.6) is 0 Å². The molecule has 0 unspecified atom stereocenters. The van der Waals surface area contributed by atoms with Crippen LogP contribution in [0.4, 0.5) is 5.95 Å². The first-order valence-corrected chi connectivity index (χ1v) is 9.76. The van der Waals surface area contributed by atoms with E-state index < -0.39 is 0 Å². The molecule has 1 aliphatic heterocycles. The van der Waals surface area contributed by atoms with E-state index in [1.54, 1.807) is 18.6 Å². The van der Waals surface area contributed by atoms with Crippen LogP contribution in [-0.4, -0.2) is 38.3 Å². The summed E-state index contributed by atoms with van der Waals surface area (Å²) in [5, 5.41) is 4.34. The van der Waals surface area contributed by atoms with E-state index in [0.717, 1.165) is 29.5 Å². The standard InChI is InChI=1S/C22H20N6O2/c23-21-25-13-16(14-26-21)15-4-6-17(7-5-15)22(8-11-29-12-9-22)20-27-19(30-28-20)18-3-1-2-10-24-18/h1-7,10,13-14H,8-9,11-12H2,(H2,23,25,26). The Morgan fingerprint density at radius 2 is 1.63 bits per heavy atom. The average Bonchev–Trinajstić information content (AvgIpc) is 3.32. The second-order valence-corrected chi connectivity index (χ2v) is 7.24. The third kappa shape index (κ3) is 3.31. The fourth-order valence-corrected chi connectivity index (χ4v) is 3.84. The molecule has 4 aromatic rings. The first-order valence-electron chi connectivity index (χ1n) is 9.76. The summed E-state index contributed by atoms with van der Waals surface area (Å²) < 4.78 is 11.2. The SMILES string of the molecule is Nc1ncc(-c2ccc(C3(c4noc(-c5ccccn5)n4)CCOCC3)cc2)cn1. The highest BCUT2D eigenvalue weighted by molar-refractivity contribution is 5.62. The molecule has 8 nitrogen and oxygen atoms in total. The number of nitrogen functional groups attached to an aromatic ring is 1. The molecule has 150 valence electrons. The number of aromatic nitrogens is 5. The van der Waals surface area contributed by atoms with Crippen molar-refractivity contribution in [2.75, 3.05) is 18.9 Å². The summed E-state index contributed by atoms with van der Waals surface area (Å²) in [7, 11) is 0. The van der Waals surface area contributed by atoms with Crippen LogP contribution in [0.1, 0.15) is 24.2 Å². The first kappa shape index (κ1) is 18.4.